The Bertz CT molecular complexity index is 1380. The lowest BCUT2D eigenvalue weighted by Gasteiger charge is -2.45. The van der Waals surface area contributed by atoms with E-state index in [9.17, 15) is 34.5 Å². The van der Waals surface area contributed by atoms with Crippen molar-refractivity contribution >= 4 is 23.4 Å². The Morgan fingerprint density at radius 3 is 2.30 bits per heavy atom. The van der Waals surface area contributed by atoms with Crippen LogP contribution in [-0.2, 0) is 38.1 Å². The van der Waals surface area contributed by atoms with Crippen molar-refractivity contribution in [3.05, 3.63) is 23.3 Å². The highest BCUT2D eigenvalue weighted by Crippen LogP contribution is 2.38. The van der Waals surface area contributed by atoms with Crippen molar-refractivity contribution in [3.8, 4) is 0 Å². The molecule has 0 spiro atoms. The van der Waals surface area contributed by atoms with Gasteiger partial charge in [0.2, 0.25) is 5.79 Å². The van der Waals surface area contributed by atoms with E-state index in [-0.39, 0.29) is 49.0 Å². The molecule has 3 heterocycles. The second-order valence-electron chi connectivity index (χ2n) is 16.8. The van der Waals surface area contributed by atoms with Crippen molar-refractivity contribution in [2.24, 2.45) is 29.6 Å². The van der Waals surface area contributed by atoms with Gasteiger partial charge in [-0.1, -0.05) is 46.8 Å². The number of amides is 1. The Hall–Kier alpha value is -2.48. The minimum absolute atomic E-state index is 0.0109. The van der Waals surface area contributed by atoms with Crippen molar-refractivity contribution in [1.82, 2.24) is 4.90 Å². The number of rotatable bonds is 5. The van der Waals surface area contributed by atoms with Gasteiger partial charge in [0.15, 0.2) is 5.78 Å². The van der Waals surface area contributed by atoms with Gasteiger partial charge in [-0.05, 0) is 106 Å². The molecule has 2 bridgehead atoms. The van der Waals surface area contributed by atoms with Crippen molar-refractivity contribution in [3.63, 3.8) is 0 Å². The van der Waals surface area contributed by atoms with E-state index in [2.05, 4.69) is 13.8 Å². The topological polar surface area (TPSA) is 169 Å². The highest BCUT2D eigenvalue weighted by Gasteiger charge is 2.55. The third kappa shape index (κ3) is 10.5. The molecule has 3 N–H and O–H groups in total. The molecule has 0 radical (unpaired) electrons. The summed E-state index contributed by atoms with van der Waals surface area (Å²) >= 11 is 0. The van der Waals surface area contributed by atoms with Gasteiger partial charge in [-0.15, -0.1) is 0 Å². The van der Waals surface area contributed by atoms with Gasteiger partial charge in [0.25, 0.3) is 11.7 Å². The molecule has 0 aromatic rings. The molecule has 12 nitrogen and oxygen atoms in total. The van der Waals surface area contributed by atoms with Gasteiger partial charge in [0.05, 0.1) is 30.5 Å². The Morgan fingerprint density at radius 1 is 0.926 bits per heavy atom. The predicted octanol–water partition coefficient (Wildman–Crippen LogP) is 4.85. The summed E-state index contributed by atoms with van der Waals surface area (Å²) in [6.07, 6.45) is 5.77. The first-order valence-electron chi connectivity index (χ1n) is 20.3. The maximum absolute atomic E-state index is 14.2. The quantitative estimate of drug-likeness (QED) is 0.199. The Labute approximate surface area is 322 Å². The van der Waals surface area contributed by atoms with Crippen molar-refractivity contribution in [2.75, 3.05) is 20.8 Å². The number of allylic oxidation sites excluding steroid dienone is 3. The molecule has 306 valence electrons. The van der Waals surface area contributed by atoms with Crippen LogP contribution in [0.2, 0.25) is 0 Å². The molecule has 2 saturated heterocycles. The number of carbonyl (C=O) groups excluding carboxylic acids is 4. The third-order valence-corrected chi connectivity index (χ3v) is 12.6. The summed E-state index contributed by atoms with van der Waals surface area (Å²) in [5.74, 6) is -6.57. The van der Waals surface area contributed by atoms with Crippen molar-refractivity contribution < 1.29 is 53.4 Å². The normalized spacial score (nSPS) is 40.3. The molecule has 1 saturated carbocycles. The van der Waals surface area contributed by atoms with Gasteiger partial charge >= 0.3 is 5.97 Å². The van der Waals surface area contributed by atoms with E-state index in [1.165, 1.54) is 4.90 Å². The molecule has 54 heavy (non-hydrogen) atoms. The lowest BCUT2D eigenvalue weighted by atomic mass is 9.82. The number of aliphatic hydroxyl groups excluding tert-OH is 2. The van der Waals surface area contributed by atoms with Gasteiger partial charge in [0.1, 0.15) is 12.1 Å². The maximum Gasteiger partial charge on any atom is 0.329 e. The molecule has 12 heteroatoms. The van der Waals surface area contributed by atoms with E-state index in [1.54, 1.807) is 28.1 Å². The van der Waals surface area contributed by atoms with Crippen LogP contribution >= 0.6 is 0 Å². The number of hydrogen-bond acceptors (Lipinski definition) is 11. The van der Waals surface area contributed by atoms with Gasteiger partial charge in [0, 0.05) is 39.0 Å². The number of fused-ring (bicyclic) bond motifs is 3. The fraction of sp³-hybridized carbons (Fsp3) is 0.810. The molecule has 0 aromatic heterocycles. The largest absolute Gasteiger partial charge is 0.456 e. The van der Waals surface area contributed by atoms with E-state index in [0.29, 0.717) is 68.9 Å². The number of esters is 1. The average molecular weight is 762 g/mol. The van der Waals surface area contributed by atoms with Gasteiger partial charge in [-0.25, -0.2) is 4.79 Å². The number of aliphatic hydroxyl groups is 3. The number of Topliss-reactive ketones (excluding diaryl/α,β-unsaturated/α-hetero) is 2. The molecule has 4 aliphatic rings. The van der Waals surface area contributed by atoms with Crippen molar-refractivity contribution in [1.29, 1.82) is 0 Å². The van der Waals surface area contributed by atoms with Crippen LogP contribution in [0.1, 0.15) is 119 Å². The number of piperidine rings is 1. The Morgan fingerprint density at radius 2 is 1.63 bits per heavy atom. The summed E-state index contributed by atoms with van der Waals surface area (Å²) in [7, 11) is 3.14. The Balaban J connectivity index is 1.73. The number of ether oxygens (including phenoxy) is 4. The SMILES string of the molecule is CCC1=CC(C)C[C@H](C)CC[C@H]2O[C@@](O)(C(=O)C(=O)N3CCCCC3C(=O)O[C@H](C(C)=C[C@@H]3CC[C@@H](O)[C@H](OC)C3)[C@H](C)[C@@H](O)CC1=O)[C@H](C)CC2OC. The molecule has 3 unspecified atom stereocenters. The minimum Gasteiger partial charge on any atom is -0.456 e. The van der Waals surface area contributed by atoms with Gasteiger partial charge < -0.3 is 39.2 Å². The fourth-order valence-electron chi connectivity index (χ4n) is 9.12. The number of carbonyl (C=O) groups is 4. The lowest BCUT2D eigenvalue weighted by molar-refractivity contribution is -0.287. The molecule has 3 fully saturated rings. The summed E-state index contributed by atoms with van der Waals surface area (Å²) in [6.45, 7) is 11.5. The number of cyclic esters (lactones) is 1. The molecule has 0 aromatic carbocycles. The highest BCUT2D eigenvalue weighted by atomic mass is 16.7. The summed E-state index contributed by atoms with van der Waals surface area (Å²) in [5, 5.41) is 33.8. The van der Waals surface area contributed by atoms with Crippen LogP contribution in [0, 0.1) is 29.6 Å². The fourth-order valence-corrected chi connectivity index (χ4v) is 9.12. The first-order valence-corrected chi connectivity index (χ1v) is 20.3. The highest BCUT2D eigenvalue weighted by molar-refractivity contribution is 6.39. The van der Waals surface area contributed by atoms with Crippen LogP contribution in [0.4, 0.5) is 0 Å². The first kappa shape index (κ1) is 44.2. The lowest BCUT2D eigenvalue weighted by Crippen LogP contribution is -2.62. The van der Waals surface area contributed by atoms with Gasteiger partial charge in [-0.2, -0.15) is 0 Å². The number of hydrogen-bond donors (Lipinski definition) is 3. The molecule has 4 rings (SSSR count). The van der Waals surface area contributed by atoms with E-state index in [4.69, 9.17) is 18.9 Å². The maximum atomic E-state index is 14.2. The molecule has 13 atom stereocenters. The van der Waals surface area contributed by atoms with Crippen LogP contribution in [-0.4, -0.2) is 113 Å². The predicted molar refractivity (Wildman–Crippen MR) is 202 cm³/mol. The summed E-state index contributed by atoms with van der Waals surface area (Å²) in [5.41, 5.74) is 1.32. The first-order chi connectivity index (χ1) is 25.5. The van der Waals surface area contributed by atoms with E-state index >= 15 is 0 Å². The second kappa shape index (κ2) is 19.6. The zero-order valence-corrected chi connectivity index (χ0v) is 33.8. The molecule has 1 aliphatic carbocycles. The summed E-state index contributed by atoms with van der Waals surface area (Å²) in [4.78, 5) is 57.2. The van der Waals surface area contributed by atoms with E-state index < -0.39 is 71.8 Å². The number of ketones is 2. The smallest absolute Gasteiger partial charge is 0.329 e. The number of nitrogens with zero attached hydrogens (tertiary/aromatic N) is 1. The molecular formula is C42H67NO11. The van der Waals surface area contributed by atoms with Crippen LogP contribution in [0.25, 0.3) is 0 Å². The minimum atomic E-state index is -2.40. The van der Waals surface area contributed by atoms with Gasteiger partial charge in [-0.3, -0.25) is 14.4 Å². The molecular weight excluding hydrogens is 694 g/mol. The van der Waals surface area contributed by atoms with Crippen LogP contribution in [0.15, 0.2) is 23.3 Å². The van der Waals surface area contributed by atoms with E-state index in [1.807, 2.05) is 26.0 Å². The monoisotopic (exact) mass is 761 g/mol. The molecule has 3 aliphatic heterocycles. The molecule has 1 amide bonds. The zero-order valence-electron chi connectivity index (χ0n) is 33.8. The third-order valence-electron chi connectivity index (χ3n) is 12.6. The Kier molecular flexibility index (Phi) is 16.0. The number of methoxy groups -OCH3 is 2. The van der Waals surface area contributed by atoms with E-state index in [0.717, 1.165) is 6.42 Å². The van der Waals surface area contributed by atoms with Crippen molar-refractivity contribution in [2.45, 2.75) is 167 Å². The summed E-state index contributed by atoms with van der Waals surface area (Å²) in [6, 6.07) is -1.10. The zero-order chi connectivity index (χ0) is 39.9. The standard InChI is InChI=1S/C42H67NO11/c1-9-30-19-25(3)18-24(2)13-16-35-37(52-8)21-27(5)42(50,54-35)39(47)40(48)43-17-11-10-12-31(43)41(49)53-38(28(6)33(45)23-34(30)46)26(4)20-29-14-15-32(44)36(22-29)51-7/h19-20,24-25,27-29,31-33,35-38,44-45,50H,9-18,21-23H2,1-8H3/t24-,25?,27-,28-,29+,31?,32-,33+,35-,36-,37?,38-,42-/m1/s1. The van der Waals surface area contributed by atoms with Crippen LogP contribution in [0.3, 0.4) is 0 Å². The van der Waals surface area contributed by atoms with Crippen LogP contribution in [0.5, 0.6) is 0 Å². The van der Waals surface area contributed by atoms with Crippen LogP contribution < -0.4 is 0 Å². The summed E-state index contributed by atoms with van der Waals surface area (Å²) < 4.78 is 23.7. The average Bonchev–Trinajstić information content (AvgIpc) is 3.15. The second-order valence-corrected chi connectivity index (χ2v) is 16.8.